The SMILES string of the molecule is CCCC(=O)NCCC(C)CC(C)(C)CNC(=O)CCC. The molecular weight excluding hydrogens is 264 g/mol. The first-order chi connectivity index (χ1) is 9.80. The Hall–Kier alpha value is -1.06. The molecule has 1 unspecified atom stereocenters. The number of nitrogens with one attached hydrogen (secondary N) is 2. The number of carbonyl (C=O) groups is 2. The Bertz CT molecular complexity index is 314. The van der Waals surface area contributed by atoms with Crippen molar-refractivity contribution in [1.82, 2.24) is 10.6 Å². The minimum atomic E-state index is 0.0935. The average molecular weight is 298 g/mol. The van der Waals surface area contributed by atoms with Crippen LogP contribution in [0.25, 0.3) is 0 Å². The van der Waals surface area contributed by atoms with Gasteiger partial charge in [-0.25, -0.2) is 0 Å². The molecule has 4 heteroatoms. The Morgan fingerprint density at radius 1 is 1.00 bits per heavy atom. The lowest BCUT2D eigenvalue weighted by atomic mass is 9.82. The molecule has 0 heterocycles. The first-order valence-electron chi connectivity index (χ1n) is 8.34. The molecule has 0 aromatic heterocycles. The van der Waals surface area contributed by atoms with Crippen LogP contribution in [0.15, 0.2) is 0 Å². The quantitative estimate of drug-likeness (QED) is 0.615. The first-order valence-corrected chi connectivity index (χ1v) is 8.34. The lowest BCUT2D eigenvalue weighted by molar-refractivity contribution is -0.122. The zero-order valence-electron chi connectivity index (χ0n) is 14.6. The highest BCUT2D eigenvalue weighted by molar-refractivity contribution is 5.76. The highest BCUT2D eigenvalue weighted by atomic mass is 16.2. The van der Waals surface area contributed by atoms with E-state index in [1.807, 2.05) is 13.8 Å². The van der Waals surface area contributed by atoms with Crippen LogP contribution in [0, 0.1) is 11.3 Å². The van der Waals surface area contributed by atoms with Gasteiger partial charge in [-0.2, -0.15) is 0 Å². The van der Waals surface area contributed by atoms with Gasteiger partial charge in [-0.05, 0) is 37.0 Å². The minimum Gasteiger partial charge on any atom is -0.356 e. The fraction of sp³-hybridized carbons (Fsp3) is 0.882. The molecule has 0 bridgehead atoms. The highest BCUT2D eigenvalue weighted by Crippen LogP contribution is 2.26. The van der Waals surface area contributed by atoms with E-state index in [9.17, 15) is 9.59 Å². The smallest absolute Gasteiger partial charge is 0.220 e. The summed E-state index contributed by atoms with van der Waals surface area (Å²) < 4.78 is 0. The van der Waals surface area contributed by atoms with Crippen LogP contribution in [-0.4, -0.2) is 24.9 Å². The van der Waals surface area contributed by atoms with E-state index in [1.165, 1.54) is 0 Å². The predicted octanol–water partition coefficient (Wildman–Crippen LogP) is 3.26. The standard InChI is InChI=1S/C17H34N2O2/c1-6-8-15(20)18-11-10-14(3)12-17(4,5)13-19-16(21)9-7-2/h14H,6-13H2,1-5H3,(H,18,20)(H,19,21). The molecule has 0 aliphatic heterocycles. The molecule has 0 radical (unpaired) electrons. The van der Waals surface area contributed by atoms with Gasteiger partial charge in [-0.1, -0.05) is 34.6 Å². The van der Waals surface area contributed by atoms with Gasteiger partial charge in [0.2, 0.25) is 11.8 Å². The summed E-state index contributed by atoms with van der Waals surface area (Å²) in [6.07, 6.45) is 5.04. The van der Waals surface area contributed by atoms with Gasteiger partial charge in [-0.15, -0.1) is 0 Å². The highest BCUT2D eigenvalue weighted by Gasteiger charge is 2.21. The maximum Gasteiger partial charge on any atom is 0.220 e. The molecule has 0 saturated carbocycles. The van der Waals surface area contributed by atoms with E-state index in [2.05, 4.69) is 31.4 Å². The van der Waals surface area contributed by atoms with E-state index in [0.29, 0.717) is 18.8 Å². The monoisotopic (exact) mass is 298 g/mol. The molecule has 2 N–H and O–H groups in total. The summed E-state index contributed by atoms with van der Waals surface area (Å²) in [6, 6.07) is 0. The summed E-state index contributed by atoms with van der Waals surface area (Å²) in [4.78, 5) is 22.9. The van der Waals surface area contributed by atoms with Crippen molar-refractivity contribution in [1.29, 1.82) is 0 Å². The second kappa shape index (κ2) is 10.6. The summed E-state index contributed by atoms with van der Waals surface area (Å²) in [5.41, 5.74) is 0.0935. The molecular formula is C17H34N2O2. The minimum absolute atomic E-state index is 0.0935. The Morgan fingerprint density at radius 2 is 1.52 bits per heavy atom. The molecule has 0 rings (SSSR count). The van der Waals surface area contributed by atoms with Crippen LogP contribution in [0.5, 0.6) is 0 Å². The third kappa shape index (κ3) is 11.3. The van der Waals surface area contributed by atoms with Gasteiger partial charge < -0.3 is 10.6 Å². The predicted molar refractivity (Wildman–Crippen MR) is 88.0 cm³/mol. The van der Waals surface area contributed by atoms with Gasteiger partial charge in [0.1, 0.15) is 0 Å². The summed E-state index contributed by atoms with van der Waals surface area (Å²) in [5, 5.41) is 5.97. The molecule has 0 aliphatic carbocycles. The maximum atomic E-state index is 11.5. The van der Waals surface area contributed by atoms with Crippen LogP contribution in [0.2, 0.25) is 0 Å². The summed E-state index contributed by atoms with van der Waals surface area (Å²) in [7, 11) is 0. The lowest BCUT2D eigenvalue weighted by Gasteiger charge is -2.28. The molecule has 0 fully saturated rings. The van der Waals surface area contributed by atoms with Gasteiger partial charge in [0.15, 0.2) is 0 Å². The zero-order valence-corrected chi connectivity index (χ0v) is 14.6. The molecule has 124 valence electrons. The van der Waals surface area contributed by atoms with Crippen LogP contribution >= 0.6 is 0 Å². The van der Waals surface area contributed by atoms with Gasteiger partial charge in [0, 0.05) is 25.9 Å². The van der Waals surface area contributed by atoms with E-state index in [1.54, 1.807) is 0 Å². The molecule has 0 spiro atoms. The van der Waals surface area contributed by atoms with Crippen molar-refractivity contribution >= 4 is 11.8 Å². The lowest BCUT2D eigenvalue weighted by Crippen LogP contribution is -2.35. The maximum absolute atomic E-state index is 11.5. The summed E-state index contributed by atoms with van der Waals surface area (Å²) >= 11 is 0. The second-order valence-corrected chi connectivity index (χ2v) is 6.89. The van der Waals surface area contributed by atoms with Gasteiger partial charge in [0.05, 0.1) is 0 Å². The zero-order chi connectivity index (χ0) is 16.3. The molecule has 4 nitrogen and oxygen atoms in total. The van der Waals surface area contributed by atoms with E-state index < -0.39 is 0 Å². The van der Waals surface area contributed by atoms with Crippen LogP contribution in [0.3, 0.4) is 0 Å². The number of hydrogen-bond donors (Lipinski definition) is 2. The fourth-order valence-electron chi connectivity index (χ4n) is 2.54. The Kier molecular flexibility index (Phi) is 10.1. The van der Waals surface area contributed by atoms with Crippen molar-refractivity contribution in [2.24, 2.45) is 11.3 Å². The van der Waals surface area contributed by atoms with Crippen LogP contribution in [0.4, 0.5) is 0 Å². The number of carbonyl (C=O) groups excluding carboxylic acids is 2. The molecule has 0 aromatic carbocycles. The third-order valence-electron chi connectivity index (χ3n) is 3.58. The van der Waals surface area contributed by atoms with Crippen molar-refractivity contribution in [3.05, 3.63) is 0 Å². The van der Waals surface area contributed by atoms with E-state index in [-0.39, 0.29) is 17.2 Å². The number of rotatable bonds is 11. The van der Waals surface area contributed by atoms with E-state index >= 15 is 0 Å². The number of amides is 2. The summed E-state index contributed by atoms with van der Waals surface area (Å²) in [6.45, 7) is 12.1. The largest absolute Gasteiger partial charge is 0.356 e. The molecule has 2 amide bonds. The molecule has 0 aromatic rings. The van der Waals surface area contributed by atoms with Crippen LogP contribution in [0.1, 0.15) is 73.1 Å². The Balaban J connectivity index is 3.92. The molecule has 1 atom stereocenters. The fourth-order valence-corrected chi connectivity index (χ4v) is 2.54. The topological polar surface area (TPSA) is 58.2 Å². The van der Waals surface area contributed by atoms with Gasteiger partial charge in [-0.3, -0.25) is 9.59 Å². The van der Waals surface area contributed by atoms with E-state index in [0.717, 1.165) is 38.8 Å². The van der Waals surface area contributed by atoms with Crippen molar-refractivity contribution in [3.63, 3.8) is 0 Å². The normalized spacial score (nSPS) is 12.8. The number of hydrogen-bond acceptors (Lipinski definition) is 2. The summed E-state index contributed by atoms with van der Waals surface area (Å²) in [5.74, 6) is 0.825. The second-order valence-electron chi connectivity index (χ2n) is 6.89. The van der Waals surface area contributed by atoms with Crippen molar-refractivity contribution < 1.29 is 9.59 Å². The van der Waals surface area contributed by atoms with Crippen molar-refractivity contribution in [3.8, 4) is 0 Å². The molecule has 21 heavy (non-hydrogen) atoms. The van der Waals surface area contributed by atoms with Gasteiger partial charge in [0.25, 0.3) is 0 Å². The Morgan fingerprint density at radius 3 is 2.05 bits per heavy atom. The third-order valence-corrected chi connectivity index (χ3v) is 3.58. The first kappa shape index (κ1) is 19.9. The van der Waals surface area contributed by atoms with Crippen LogP contribution in [-0.2, 0) is 9.59 Å². The Labute approximate surface area is 130 Å². The van der Waals surface area contributed by atoms with Crippen molar-refractivity contribution in [2.45, 2.75) is 73.1 Å². The van der Waals surface area contributed by atoms with E-state index in [4.69, 9.17) is 0 Å². The van der Waals surface area contributed by atoms with Gasteiger partial charge >= 0.3 is 0 Å². The van der Waals surface area contributed by atoms with Crippen molar-refractivity contribution in [2.75, 3.05) is 13.1 Å². The molecule has 0 saturated heterocycles. The average Bonchev–Trinajstić information content (AvgIpc) is 2.36. The van der Waals surface area contributed by atoms with Crippen LogP contribution < -0.4 is 10.6 Å². The molecule has 0 aliphatic rings.